The summed E-state index contributed by atoms with van der Waals surface area (Å²) in [5.74, 6) is -0.220. The summed E-state index contributed by atoms with van der Waals surface area (Å²) in [6.07, 6.45) is 0. The summed E-state index contributed by atoms with van der Waals surface area (Å²) in [4.78, 5) is 11.9. The Morgan fingerprint density at radius 1 is 1.53 bits per heavy atom. The van der Waals surface area contributed by atoms with Crippen LogP contribution in [0.15, 0.2) is 24.3 Å². The fraction of sp³-hybridized carbons (Fsp3) is 0.462. The number of hydrogen-bond donors (Lipinski definition) is 1. The number of nitrogens with one attached hydrogen (secondary N) is 1. The van der Waals surface area contributed by atoms with Gasteiger partial charge in [0, 0.05) is 11.6 Å². The van der Waals surface area contributed by atoms with Gasteiger partial charge in [0.25, 0.3) is 0 Å². The van der Waals surface area contributed by atoms with Gasteiger partial charge in [0.15, 0.2) is 0 Å². The van der Waals surface area contributed by atoms with Gasteiger partial charge in [-0.3, -0.25) is 4.79 Å². The highest BCUT2D eigenvalue weighted by atomic mass is 35.5. The summed E-state index contributed by atoms with van der Waals surface area (Å²) in [5.41, 5.74) is 0.0534. The van der Waals surface area contributed by atoms with Crippen LogP contribution in [-0.4, -0.2) is 19.6 Å². The van der Waals surface area contributed by atoms with Gasteiger partial charge in [0.05, 0.1) is 18.1 Å². The lowest BCUT2D eigenvalue weighted by molar-refractivity contribution is -0.153. The fourth-order valence-corrected chi connectivity index (χ4v) is 2.47. The Kier molecular flexibility index (Phi) is 2.92. The van der Waals surface area contributed by atoms with E-state index in [9.17, 15) is 4.79 Å². The first-order valence-electron chi connectivity index (χ1n) is 5.53. The van der Waals surface area contributed by atoms with Crippen LogP contribution in [-0.2, 0) is 15.1 Å². The predicted octanol–water partition coefficient (Wildman–Crippen LogP) is 2.34. The van der Waals surface area contributed by atoms with Gasteiger partial charge in [0.2, 0.25) is 0 Å². The first-order chi connectivity index (χ1) is 7.94. The standard InChI is InChI=1S/C13H16ClNO2/c1-12(2,11(16)17-3)13(8-15-13)9-5-4-6-10(14)7-9/h4-7,15H,8H2,1-3H3. The van der Waals surface area contributed by atoms with Crippen LogP contribution in [0.3, 0.4) is 0 Å². The molecule has 1 unspecified atom stereocenters. The molecule has 1 heterocycles. The van der Waals surface area contributed by atoms with E-state index in [1.165, 1.54) is 7.11 Å². The van der Waals surface area contributed by atoms with Crippen LogP contribution in [0.25, 0.3) is 0 Å². The number of benzene rings is 1. The molecule has 1 aliphatic heterocycles. The molecule has 0 aromatic heterocycles. The second-order valence-electron chi connectivity index (χ2n) is 4.89. The molecule has 1 atom stereocenters. The summed E-state index contributed by atoms with van der Waals surface area (Å²) in [6.45, 7) is 4.54. The maximum atomic E-state index is 11.9. The van der Waals surface area contributed by atoms with Gasteiger partial charge in [0.1, 0.15) is 0 Å². The minimum atomic E-state index is -0.619. The number of hydrogen-bond acceptors (Lipinski definition) is 3. The van der Waals surface area contributed by atoms with Gasteiger partial charge >= 0.3 is 5.97 Å². The zero-order valence-electron chi connectivity index (χ0n) is 10.2. The Balaban J connectivity index is 2.41. The fourth-order valence-electron chi connectivity index (χ4n) is 2.28. The monoisotopic (exact) mass is 253 g/mol. The molecule has 2 rings (SSSR count). The molecule has 0 spiro atoms. The second-order valence-corrected chi connectivity index (χ2v) is 5.32. The van der Waals surface area contributed by atoms with Crippen molar-refractivity contribution in [2.75, 3.05) is 13.7 Å². The lowest BCUT2D eigenvalue weighted by Crippen LogP contribution is -2.41. The average molecular weight is 254 g/mol. The molecule has 0 radical (unpaired) electrons. The average Bonchev–Trinajstić information content (AvgIpc) is 3.09. The van der Waals surface area contributed by atoms with Gasteiger partial charge in [-0.25, -0.2) is 0 Å². The van der Waals surface area contributed by atoms with Crippen molar-refractivity contribution in [2.24, 2.45) is 5.41 Å². The predicted molar refractivity (Wildman–Crippen MR) is 66.9 cm³/mol. The Bertz CT molecular complexity index is 452. The zero-order valence-corrected chi connectivity index (χ0v) is 11.0. The topological polar surface area (TPSA) is 48.2 Å². The second kappa shape index (κ2) is 4.00. The number of rotatable bonds is 3. The number of esters is 1. The molecular formula is C13H16ClNO2. The quantitative estimate of drug-likeness (QED) is 0.664. The first kappa shape index (κ1) is 12.4. The van der Waals surface area contributed by atoms with Crippen molar-refractivity contribution < 1.29 is 9.53 Å². The summed E-state index contributed by atoms with van der Waals surface area (Å²) in [7, 11) is 1.41. The third-order valence-corrected chi connectivity index (χ3v) is 3.85. The van der Waals surface area contributed by atoms with Crippen molar-refractivity contribution in [3.63, 3.8) is 0 Å². The van der Waals surface area contributed by atoms with Crippen molar-refractivity contribution in [3.05, 3.63) is 34.9 Å². The van der Waals surface area contributed by atoms with Crippen molar-refractivity contribution >= 4 is 17.6 Å². The lowest BCUT2D eigenvalue weighted by Gasteiger charge is -2.31. The van der Waals surface area contributed by atoms with Gasteiger partial charge in [-0.05, 0) is 31.5 Å². The highest BCUT2D eigenvalue weighted by molar-refractivity contribution is 6.30. The summed E-state index contributed by atoms with van der Waals surface area (Å²) < 4.78 is 4.88. The van der Waals surface area contributed by atoms with Crippen LogP contribution in [0, 0.1) is 5.41 Å². The molecule has 3 nitrogen and oxygen atoms in total. The van der Waals surface area contributed by atoms with Gasteiger partial charge in [-0.2, -0.15) is 0 Å². The molecular weight excluding hydrogens is 238 g/mol. The van der Waals surface area contributed by atoms with E-state index >= 15 is 0 Å². The molecule has 1 aromatic carbocycles. The minimum Gasteiger partial charge on any atom is -0.469 e. The van der Waals surface area contributed by atoms with Gasteiger partial charge < -0.3 is 10.1 Å². The van der Waals surface area contributed by atoms with Crippen LogP contribution in [0.5, 0.6) is 0 Å². The van der Waals surface area contributed by atoms with E-state index < -0.39 is 5.41 Å². The van der Waals surface area contributed by atoms with E-state index in [1.54, 1.807) is 0 Å². The minimum absolute atomic E-state index is 0.220. The normalized spacial score (nSPS) is 23.3. The highest BCUT2D eigenvalue weighted by Gasteiger charge is 2.59. The Labute approximate surface area is 106 Å². The number of carbonyl (C=O) groups excluding carboxylic acids is 1. The Morgan fingerprint density at radius 2 is 2.18 bits per heavy atom. The van der Waals surface area contributed by atoms with E-state index in [0.717, 1.165) is 12.1 Å². The van der Waals surface area contributed by atoms with E-state index in [4.69, 9.17) is 16.3 Å². The third-order valence-electron chi connectivity index (χ3n) is 3.61. The summed E-state index contributed by atoms with van der Waals surface area (Å²) in [6, 6.07) is 7.60. The van der Waals surface area contributed by atoms with E-state index in [2.05, 4.69) is 5.32 Å². The lowest BCUT2D eigenvalue weighted by atomic mass is 9.74. The summed E-state index contributed by atoms with van der Waals surface area (Å²) >= 11 is 6.00. The van der Waals surface area contributed by atoms with Crippen molar-refractivity contribution in [1.82, 2.24) is 5.32 Å². The SMILES string of the molecule is COC(=O)C(C)(C)C1(c2cccc(Cl)c2)CN1. The van der Waals surface area contributed by atoms with E-state index in [-0.39, 0.29) is 11.5 Å². The smallest absolute Gasteiger partial charge is 0.313 e. The van der Waals surface area contributed by atoms with Gasteiger partial charge in [-0.1, -0.05) is 23.7 Å². The van der Waals surface area contributed by atoms with E-state index in [1.807, 2.05) is 38.1 Å². The Morgan fingerprint density at radius 3 is 2.65 bits per heavy atom. The molecule has 1 saturated heterocycles. The number of methoxy groups -OCH3 is 1. The maximum absolute atomic E-state index is 11.9. The number of carbonyl (C=O) groups is 1. The molecule has 0 saturated carbocycles. The molecule has 4 heteroatoms. The number of ether oxygens (including phenoxy) is 1. The molecule has 1 fully saturated rings. The van der Waals surface area contributed by atoms with Gasteiger partial charge in [-0.15, -0.1) is 0 Å². The molecule has 1 aromatic rings. The molecule has 17 heavy (non-hydrogen) atoms. The van der Waals surface area contributed by atoms with Crippen molar-refractivity contribution in [2.45, 2.75) is 19.4 Å². The number of halogens is 1. The summed E-state index contributed by atoms with van der Waals surface area (Å²) in [5, 5.41) is 3.96. The van der Waals surface area contributed by atoms with Crippen LogP contribution in [0.1, 0.15) is 19.4 Å². The van der Waals surface area contributed by atoms with Crippen molar-refractivity contribution in [1.29, 1.82) is 0 Å². The zero-order chi connectivity index (χ0) is 12.7. The van der Waals surface area contributed by atoms with Crippen LogP contribution < -0.4 is 5.32 Å². The highest BCUT2D eigenvalue weighted by Crippen LogP contribution is 2.47. The molecule has 0 amide bonds. The largest absolute Gasteiger partial charge is 0.469 e. The van der Waals surface area contributed by atoms with Crippen LogP contribution in [0.4, 0.5) is 0 Å². The molecule has 0 bridgehead atoms. The Hall–Kier alpha value is -1.06. The maximum Gasteiger partial charge on any atom is 0.313 e. The first-order valence-corrected chi connectivity index (χ1v) is 5.91. The van der Waals surface area contributed by atoms with Crippen molar-refractivity contribution in [3.8, 4) is 0 Å². The molecule has 0 aliphatic carbocycles. The van der Waals surface area contributed by atoms with E-state index in [0.29, 0.717) is 5.02 Å². The molecule has 1 aliphatic rings. The molecule has 1 N–H and O–H groups in total. The van der Waals surface area contributed by atoms with Crippen LogP contribution in [0.2, 0.25) is 5.02 Å². The molecule has 92 valence electrons. The third kappa shape index (κ3) is 1.83. The van der Waals surface area contributed by atoms with Crippen LogP contribution >= 0.6 is 11.6 Å².